The Labute approximate surface area is 118 Å². The van der Waals surface area contributed by atoms with E-state index in [0.717, 1.165) is 12.8 Å². The number of carbonyl (C=O) groups is 2. The molecule has 9 heteroatoms. The number of carboxylic acids is 1. The lowest BCUT2D eigenvalue weighted by molar-refractivity contribution is -0.118. The van der Waals surface area contributed by atoms with Crippen LogP contribution < -0.4 is 5.32 Å². The highest BCUT2D eigenvalue weighted by atomic mass is 32.2. The monoisotopic (exact) mass is 319 g/mol. The van der Waals surface area contributed by atoms with Gasteiger partial charge in [0.05, 0.1) is 5.56 Å². The molecule has 1 fully saturated rings. The molecular weight excluding hydrogens is 308 g/mol. The molecule has 6 nitrogen and oxygen atoms in total. The van der Waals surface area contributed by atoms with Crippen LogP contribution in [0.5, 0.6) is 0 Å². The zero-order valence-corrected chi connectivity index (χ0v) is 11.4. The normalized spacial score (nSPS) is 14.8. The summed E-state index contributed by atoms with van der Waals surface area (Å²) in [6, 6.07) is 0.793. The fraction of sp³-hybridized carbons (Fsp3) is 0.333. The summed E-state index contributed by atoms with van der Waals surface area (Å²) >= 11 is 0. The van der Waals surface area contributed by atoms with Crippen molar-refractivity contribution >= 4 is 21.7 Å². The van der Waals surface area contributed by atoms with Crippen LogP contribution in [0.1, 0.15) is 23.2 Å². The molecule has 0 unspecified atom stereocenters. The average molecular weight is 319 g/mol. The van der Waals surface area contributed by atoms with E-state index in [1.54, 1.807) is 0 Å². The van der Waals surface area contributed by atoms with Crippen molar-refractivity contribution in [3.05, 3.63) is 29.3 Å². The Morgan fingerprint density at radius 3 is 2.43 bits per heavy atom. The van der Waals surface area contributed by atoms with E-state index >= 15 is 0 Å². The smallest absolute Gasteiger partial charge is 0.335 e. The summed E-state index contributed by atoms with van der Waals surface area (Å²) in [6.07, 6.45) is 1.48. The molecule has 2 N–H and O–H groups in total. The zero-order valence-electron chi connectivity index (χ0n) is 10.6. The summed E-state index contributed by atoms with van der Waals surface area (Å²) < 4.78 is 50.7. The van der Waals surface area contributed by atoms with Gasteiger partial charge >= 0.3 is 5.97 Å². The van der Waals surface area contributed by atoms with Crippen LogP contribution in [-0.2, 0) is 14.6 Å². The maximum absolute atomic E-state index is 13.6. The van der Waals surface area contributed by atoms with E-state index in [4.69, 9.17) is 5.11 Å². The molecule has 21 heavy (non-hydrogen) atoms. The predicted octanol–water partition coefficient (Wildman–Crippen LogP) is 0.715. The van der Waals surface area contributed by atoms with Crippen LogP contribution in [-0.4, -0.2) is 37.2 Å². The first-order chi connectivity index (χ1) is 9.70. The van der Waals surface area contributed by atoms with E-state index in [9.17, 15) is 26.8 Å². The number of nitrogens with one attached hydrogen (secondary N) is 1. The molecule has 0 radical (unpaired) electrons. The second-order valence-corrected chi connectivity index (χ2v) is 6.63. The number of aromatic carboxylic acids is 1. The largest absolute Gasteiger partial charge is 0.478 e. The number of benzene rings is 1. The molecular formula is C12H11F2NO5S. The van der Waals surface area contributed by atoms with Crippen molar-refractivity contribution < 1.29 is 31.9 Å². The summed E-state index contributed by atoms with van der Waals surface area (Å²) in [5, 5.41) is 11.1. The highest BCUT2D eigenvalue weighted by Gasteiger charge is 2.30. The van der Waals surface area contributed by atoms with E-state index in [2.05, 4.69) is 5.32 Å². The van der Waals surface area contributed by atoms with E-state index < -0.39 is 49.6 Å². The number of halogens is 2. The van der Waals surface area contributed by atoms with Crippen molar-refractivity contribution in [1.82, 2.24) is 5.32 Å². The first-order valence-corrected chi connectivity index (χ1v) is 7.60. The summed E-state index contributed by atoms with van der Waals surface area (Å²) in [7, 11) is -4.48. The van der Waals surface area contributed by atoms with Gasteiger partial charge in [0.2, 0.25) is 5.91 Å². The van der Waals surface area contributed by atoms with Crippen LogP contribution in [0.4, 0.5) is 8.78 Å². The lowest BCUT2D eigenvalue weighted by Gasteiger charge is -2.08. The van der Waals surface area contributed by atoms with Crippen molar-refractivity contribution in [2.45, 2.75) is 23.8 Å². The van der Waals surface area contributed by atoms with Gasteiger partial charge in [-0.1, -0.05) is 0 Å². The van der Waals surface area contributed by atoms with Gasteiger partial charge in [0.15, 0.2) is 21.5 Å². The van der Waals surface area contributed by atoms with Crippen molar-refractivity contribution in [2.75, 3.05) is 5.75 Å². The second-order valence-electron chi connectivity index (χ2n) is 4.68. The molecule has 0 aliphatic heterocycles. The molecule has 2 rings (SSSR count). The minimum atomic E-state index is -4.48. The summed E-state index contributed by atoms with van der Waals surface area (Å²) in [5.74, 6) is -6.80. The topological polar surface area (TPSA) is 101 Å². The quantitative estimate of drug-likeness (QED) is 0.832. The molecule has 0 atom stereocenters. The van der Waals surface area contributed by atoms with Crippen molar-refractivity contribution in [1.29, 1.82) is 0 Å². The highest BCUT2D eigenvalue weighted by Crippen LogP contribution is 2.22. The number of amides is 1. The molecule has 114 valence electrons. The van der Waals surface area contributed by atoms with Crippen LogP contribution in [0.15, 0.2) is 17.0 Å². The Kier molecular flexibility index (Phi) is 3.95. The predicted molar refractivity (Wildman–Crippen MR) is 66.5 cm³/mol. The van der Waals surface area contributed by atoms with Crippen LogP contribution in [0.2, 0.25) is 0 Å². The first kappa shape index (κ1) is 15.4. The molecule has 0 bridgehead atoms. The molecule has 0 heterocycles. The molecule has 1 saturated carbocycles. The third kappa shape index (κ3) is 3.54. The lowest BCUT2D eigenvalue weighted by atomic mass is 10.2. The van der Waals surface area contributed by atoms with Crippen LogP contribution in [0, 0.1) is 11.6 Å². The average Bonchev–Trinajstić information content (AvgIpc) is 3.14. The summed E-state index contributed by atoms with van der Waals surface area (Å²) in [6.45, 7) is 0. The zero-order chi connectivity index (χ0) is 15.8. The Morgan fingerprint density at radius 2 is 1.90 bits per heavy atom. The summed E-state index contributed by atoms with van der Waals surface area (Å²) in [4.78, 5) is 21.1. The molecule has 0 aromatic heterocycles. The maximum atomic E-state index is 13.6. The molecule has 0 saturated heterocycles. The van der Waals surface area contributed by atoms with Gasteiger partial charge in [-0.05, 0) is 25.0 Å². The minimum Gasteiger partial charge on any atom is -0.478 e. The van der Waals surface area contributed by atoms with Crippen molar-refractivity contribution in [2.24, 2.45) is 0 Å². The number of hydrogen-bond donors (Lipinski definition) is 2. The van der Waals surface area contributed by atoms with E-state index in [1.807, 2.05) is 0 Å². The van der Waals surface area contributed by atoms with Gasteiger partial charge in [-0.2, -0.15) is 0 Å². The fourth-order valence-electron chi connectivity index (χ4n) is 1.66. The van der Waals surface area contributed by atoms with E-state index in [0.29, 0.717) is 12.1 Å². The summed E-state index contributed by atoms with van der Waals surface area (Å²) in [5.41, 5.74) is -0.713. The van der Waals surface area contributed by atoms with Crippen LogP contribution >= 0.6 is 0 Å². The van der Waals surface area contributed by atoms with Crippen LogP contribution in [0.25, 0.3) is 0 Å². The van der Waals surface area contributed by atoms with Gasteiger partial charge < -0.3 is 10.4 Å². The van der Waals surface area contributed by atoms with E-state index in [1.165, 1.54) is 0 Å². The lowest BCUT2D eigenvalue weighted by Crippen LogP contribution is -2.32. The molecule has 1 amide bonds. The van der Waals surface area contributed by atoms with Gasteiger partial charge in [-0.25, -0.2) is 22.0 Å². The standard InChI is InChI=1S/C12H11F2NO5S/c13-8-3-6(12(17)18)4-9(11(8)14)21(19,20)5-10(16)15-7-1-2-7/h3-4,7H,1-2,5H2,(H,15,16)(H,17,18). The van der Waals surface area contributed by atoms with Crippen LogP contribution in [0.3, 0.4) is 0 Å². The fourth-order valence-corrected chi connectivity index (χ4v) is 2.92. The maximum Gasteiger partial charge on any atom is 0.335 e. The van der Waals surface area contributed by atoms with Gasteiger partial charge in [-0.3, -0.25) is 4.79 Å². The number of rotatable bonds is 5. The first-order valence-electron chi connectivity index (χ1n) is 5.95. The van der Waals surface area contributed by atoms with E-state index in [-0.39, 0.29) is 6.04 Å². The minimum absolute atomic E-state index is 0.0837. The third-order valence-electron chi connectivity index (χ3n) is 2.84. The Balaban J connectivity index is 2.33. The molecule has 1 aliphatic carbocycles. The Bertz CT molecular complexity index is 713. The van der Waals surface area contributed by atoms with Crippen molar-refractivity contribution in [3.63, 3.8) is 0 Å². The molecule has 1 aromatic rings. The van der Waals surface area contributed by atoms with Gasteiger partial charge in [0, 0.05) is 6.04 Å². The number of carbonyl (C=O) groups excluding carboxylic acids is 1. The SMILES string of the molecule is O=C(CS(=O)(=O)c1cc(C(=O)O)cc(F)c1F)NC1CC1. The highest BCUT2D eigenvalue weighted by molar-refractivity contribution is 7.92. The van der Waals surface area contributed by atoms with Crippen molar-refractivity contribution in [3.8, 4) is 0 Å². The van der Waals surface area contributed by atoms with Gasteiger partial charge in [0.1, 0.15) is 10.6 Å². The number of hydrogen-bond acceptors (Lipinski definition) is 4. The third-order valence-corrected chi connectivity index (χ3v) is 4.45. The Morgan fingerprint density at radius 1 is 1.29 bits per heavy atom. The molecule has 0 spiro atoms. The van der Waals surface area contributed by atoms with Gasteiger partial charge in [-0.15, -0.1) is 0 Å². The van der Waals surface area contributed by atoms with Gasteiger partial charge in [0.25, 0.3) is 0 Å². The second kappa shape index (κ2) is 5.40. The molecule has 1 aromatic carbocycles. The number of sulfone groups is 1. The molecule has 1 aliphatic rings. The number of carboxylic acid groups (broad SMARTS) is 1. The Hall–Kier alpha value is -2.03.